The molecular formula is C11H9N3O3. The third-order valence-electron chi connectivity index (χ3n) is 2.03. The van der Waals surface area contributed by atoms with Crippen LogP contribution in [0.1, 0.15) is 0 Å². The largest absolute Gasteiger partial charge is 0.439 e. The summed E-state index contributed by atoms with van der Waals surface area (Å²) in [7, 11) is 0. The van der Waals surface area contributed by atoms with Crippen LogP contribution in [0.2, 0.25) is 0 Å². The molecule has 86 valence electrons. The highest BCUT2D eigenvalue weighted by molar-refractivity contribution is 5.39. The number of hydrogen-bond donors (Lipinski definition) is 1. The van der Waals surface area contributed by atoms with Gasteiger partial charge in [-0.05, 0) is 18.2 Å². The highest BCUT2D eigenvalue weighted by Crippen LogP contribution is 2.22. The third kappa shape index (κ3) is 2.69. The van der Waals surface area contributed by atoms with Gasteiger partial charge in [-0.3, -0.25) is 10.1 Å². The molecule has 2 aromatic rings. The van der Waals surface area contributed by atoms with E-state index in [1.54, 1.807) is 12.1 Å². The van der Waals surface area contributed by atoms with Crippen molar-refractivity contribution in [1.29, 1.82) is 0 Å². The summed E-state index contributed by atoms with van der Waals surface area (Å²) in [6.45, 7) is 0. The Hall–Kier alpha value is -2.63. The molecule has 0 saturated carbocycles. The van der Waals surface area contributed by atoms with Gasteiger partial charge in [-0.15, -0.1) is 0 Å². The van der Waals surface area contributed by atoms with Gasteiger partial charge in [-0.2, -0.15) is 0 Å². The second-order valence-corrected chi connectivity index (χ2v) is 3.28. The Morgan fingerprint density at radius 3 is 2.41 bits per heavy atom. The Labute approximate surface area is 96.8 Å². The van der Waals surface area contributed by atoms with E-state index in [1.165, 1.54) is 30.5 Å². The van der Waals surface area contributed by atoms with Crippen molar-refractivity contribution in [2.45, 2.75) is 0 Å². The lowest BCUT2D eigenvalue weighted by Crippen LogP contribution is -1.91. The standard InChI is InChI=1S/C11H9N3O3/c12-8-1-6-11(13-7-8)17-10-4-2-9(3-5-10)14(15)16/h1-7H,12H2. The maximum atomic E-state index is 10.4. The van der Waals surface area contributed by atoms with Gasteiger partial charge in [0.1, 0.15) is 5.75 Å². The van der Waals surface area contributed by atoms with Crippen molar-refractivity contribution in [3.8, 4) is 11.6 Å². The lowest BCUT2D eigenvalue weighted by molar-refractivity contribution is -0.384. The summed E-state index contributed by atoms with van der Waals surface area (Å²) < 4.78 is 5.38. The van der Waals surface area contributed by atoms with Crippen LogP contribution in [0.4, 0.5) is 11.4 Å². The number of rotatable bonds is 3. The first-order valence-electron chi connectivity index (χ1n) is 4.79. The maximum Gasteiger partial charge on any atom is 0.269 e. The van der Waals surface area contributed by atoms with Crippen LogP contribution in [-0.2, 0) is 0 Å². The van der Waals surface area contributed by atoms with Gasteiger partial charge < -0.3 is 10.5 Å². The lowest BCUT2D eigenvalue weighted by Gasteiger charge is -2.03. The number of nitrogens with two attached hydrogens (primary N) is 1. The highest BCUT2D eigenvalue weighted by atomic mass is 16.6. The Morgan fingerprint density at radius 2 is 1.88 bits per heavy atom. The summed E-state index contributed by atoms with van der Waals surface area (Å²) in [6, 6.07) is 9.04. The number of nitrogen functional groups attached to an aromatic ring is 1. The SMILES string of the molecule is Nc1ccc(Oc2ccc([N+](=O)[O-])cc2)nc1. The predicted octanol–water partition coefficient (Wildman–Crippen LogP) is 2.36. The number of pyridine rings is 1. The normalized spacial score (nSPS) is 9.88. The molecule has 17 heavy (non-hydrogen) atoms. The van der Waals surface area contributed by atoms with Crippen LogP contribution in [0.25, 0.3) is 0 Å². The van der Waals surface area contributed by atoms with E-state index in [0.29, 0.717) is 17.3 Å². The average Bonchev–Trinajstić information content (AvgIpc) is 2.33. The van der Waals surface area contributed by atoms with Gasteiger partial charge in [0, 0.05) is 18.2 Å². The molecule has 1 aromatic carbocycles. The van der Waals surface area contributed by atoms with Gasteiger partial charge in [0.15, 0.2) is 0 Å². The van der Waals surface area contributed by atoms with Crippen LogP contribution in [0, 0.1) is 10.1 Å². The van der Waals surface area contributed by atoms with Crippen LogP contribution >= 0.6 is 0 Å². The molecular weight excluding hydrogens is 222 g/mol. The topological polar surface area (TPSA) is 91.3 Å². The van der Waals surface area contributed by atoms with Gasteiger partial charge in [-0.25, -0.2) is 4.98 Å². The van der Waals surface area contributed by atoms with Crippen LogP contribution in [0.5, 0.6) is 11.6 Å². The molecule has 0 amide bonds. The van der Waals surface area contributed by atoms with Crippen molar-refractivity contribution in [2.24, 2.45) is 0 Å². The number of nitrogens with zero attached hydrogens (tertiary/aromatic N) is 2. The molecule has 0 aliphatic carbocycles. The first-order chi connectivity index (χ1) is 8.15. The van der Waals surface area contributed by atoms with Crippen molar-refractivity contribution in [3.05, 3.63) is 52.7 Å². The van der Waals surface area contributed by atoms with Crippen LogP contribution < -0.4 is 10.5 Å². The monoisotopic (exact) mass is 231 g/mol. The molecule has 0 fully saturated rings. The summed E-state index contributed by atoms with van der Waals surface area (Å²) in [4.78, 5) is 13.9. The van der Waals surface area contributed by atoms with E-state index in [0.717, 1.165) is 0 Å². The summed E-state index contributed by atoms with van der Waals surface area (Å²) in [5.74, 6) is 0.862. The minimum absolute atomic E-state index is 0.0163. The van der Waals surface area contributed by atoms with Gasteiger partial charge in [0.2, 0.25) is 5.88 Å². The number of anilines is 1. The van der Waals surface area contributed by atoms with Crippen molar-refractivity contribution >= 4 is 11.4 Å². The molecule has 0 radical (unpaired) electrons. The minimum atomic E-state index is -0.467. The Morgan fingerprint density at radius 1 is 1.18 bits per heavy atom. The summed E-state index contributed by atoms with van der Waals surface area (Å²) >= 11 is 0. The molecule has 0 saturated heterocycles. The van der Waals surface area contributed by atoms with E-state index >= 15 is 0 Å². The molecule has 6 heteroatoms. The first-order valence-corrected chi connectivity index (χ1v) is 4.79. The zero-order valence-electron chi connectivity index (χ0n) is 8.74. The second kappa shape index (κ2) is 4.48. The molecule has 0 spiro atoms. The van der Waals surface area contributed by atoms with Gasteiger partial charge in [-0.1, -0.05) is 0 Å². The summed E-state index contributed by atoms with van der Waals surface area (Å²) in [5, 5.41) is 10.4. The Kier molecular flexibility index (Phi) is 2.87. The number of nitro benzene ring substituents is 1. The molecule has 0 unspecified atom stereocenters. The number of aromatic nitrogens is 1. The zero-order chi connectivity index (χ0) is 12.3. The molecule has 0 aliphatic heterocycles. The first kappa shape index (κ1) is 10.9. The van der Waals surface area contributed by atoms with E-state index < -0.39 is 4.92 Å². The van der Waals surface area contributed by atoms with Crippen molar-refractivity contribution in [2.75, 3.05) is 5.73 Å². The van der Waals surface area contributed by atoms with E-state index in [2.05, 4.69) is 4.98 Å². The molecule has 2 rings (SSSR count). The van der Waals surface area contributed by atoms with E-state index in [9.17, 15) is 10.1 Å². The number of hydrogen-bond acceptors (Lipinski definition) is 5. The van der Waals surface area contributed by atoms with Gasteiger partial charge in [0.25, 0.3) is 5.69 Å². The number of benzene rings is 1. The fourth-order valence-corrected chi connectivity index (χ4v) is 1.21. The van der Waals surface area contributed by atoms with Gasteiger partial charge in [0.05, 0.1) is 16.8 Å². The third-order valence-corrected chi connectivity index (χ3v) is 2.03. The maximum absolute atomic E-state index is 10.4. The molecule has 2 N–H and O–H groups in total. The van der Waals surface area contributed by atoms with E-state index in [4.69, 9.17) is 10.5 Å². The second-order valence-electron chi connectivity index (χ2n) is 3.28. The number of ether oxygens (including phenoxy) is 1. The fraction of sp³-hybridized carbons (Fsp3) is 0. The number of nitro groups is 1. The molecule has 0 aliphatic rings. The summed E-state index contributed by atoms with van der Waals surface area (Å²) in [6.07, 6.45) is 1.47. The number of non-ortho nitro benzene ring substituents is 1. The smallest absolute Gasteiger partial charge is 0.269 e. The molecule has 1 aromatic heterocycles. The molecule has 1 heterocycles. The van der Waals surface area contributed by atoms with Crippen molar-refractivity contribution < 1.29 is 9.66 Å². The average molecular weight is 231 g/mol. The Balaban J connectivity index is 2.13. The molecule has 0 bridgehead atoms. The quantitative estimate of drug-likeness (QED) is 0.646. The van der Waals surface area contributed by atoms with Crippen molar-refractivity contribution in [1.82, 2.24) is 4.98 Å². The highest BCUT2D eigenvalue weighted by Gasteiger charge is 2.05. The molecule has 0 atom stereocenters. The fourth-order valence-electron chi connectivity index (χ4n) is 1.21. The van der Waals surface area contributed by atoms with Gasteiger partial charge >= 0.3 is 0 Å². The van der Waals surface area contributed by atoms with Crippen LogP contribution in [0.3, 0.4) is 0 Å². The van der Waals surface area contributed by atoms with Crippen molar-refractivity contribution in [3.63, 3.8) is 0 Å². The predicted molar refractivity (Wildman–Crippen MR) is 61.8 cm³/mol. The van der Waals surface area contributed by atoms with Crippen LogP contribution in [-0.4, -0.2) is 9.91 Å². The minimum Gasteiger partial charge on any atom is -0.439 e. The zero-order valence-corrected chi connectivity index (χ0v) is 8.74. The Bertz CT molecular complexity index is 523. The van der Waals surface area contributed by atoms with E-state index in [1.807, 2.05) is 0 Å². The van der Waals surface area contributed by atoms with E-state index in [-0.39, 0.29) is 5.69 Å². The lowest BCUT2D eigenvalue weighted by atomic mass is 10.3. The van der Waals surface area contributed by atoms with Crippen LogP contribution in [0.15, 0.2) is 42.6 Å². The summed E-state index contributed by atoms with van der Waals surface area (Å²) in [5.41, 5.74) is 6.04. The molecule has 6 nitrogen and oxygen atoms in total.